The standard InChI is InChI=1S/C22H27N3O6S/c1-22(2,24-13-4-3-5-14-24)16-23-21(26)17-9-11-19(12-10-17)31-32(29,30)20-8-6-7-18(15-20)25(27)28/h6-12,15H,3-5,13-14,16H2,1-2H3,(H,23,26). The molecule has 0 spiro atoms. The Hall–Kier alpha value is -2.98. The van der Waals surface area contributed by atoms with Crippen LogP contribution in [0.1, 0.15) is 43.5 Å². The molecule has 1 fully saturated rings. The van der Waals surface area contributed by atoms with Gasteiger partial charge in [-0.2, -0.15) is 8.42 Å². The van der Waals surface area contributed by atoms with Gasteiger partial charge in [0.25, 0.3) is 11.6 Å². The van der Waals surface area contributed by atoms with Gasteiger partial charge in [-0.05, 0) is 70.1 Å². The lowest BCUT2D eigenvalue weighted by Gasteiger charge is -2.41. The van der Waals surface area contributed by atoms with Gasteiger partial charge in [0.1, 0.15) is 10.6 Å². The summed E-state index contributed by atoms with van der Waals surface area (Å²) in [6.45, 7) is 6.75. The van der Waals surface area contributed by atoms with E-state index in [4.69, 9.17) is 4.18 Å². The molecule has 1 amide bonds. The molecule has 172 valence electrons. The Labute approximate surface area is 187 Å². The van der Waals surface area contributed by atoms with E-state index in [9.17, 15) is 23.3 Å². The number of nitrogens with one attached hydrogen (secondary N) is 1. The van der Waals surface area contributed by atoms with Gasteiger partial charge in [0.05, 0.1) is 4.92 Å². The van der Waals surface area contributed by atoms with Crippen molar-refractivity contribution in [1.82, 2.24) is 10.2 Å². The molecule has 1 saturated heterocycles. The normalized spacial score (nSPS) is 15.2. The Bertz CT molecular complexity index is 1080. The van der Waals surface area contributed by atoms with Crippen LogP contribution in [0.25, 0.3) is 0 Å². The number of piperidine rings is 1. The molecule has 1 aliphatic heterocycles. The SMILES string of the molecule is CC(C)(CNC(=O)c1ccc(OS(=O)(=O)c2cccc([N+](=O)[O-])c2)cc1)N1CCCCC1. The van der Waals surface area contributed by atoms with Gasteiger partial charge < -0.3 is 9.50 Å². The van der Waals surface area contributed by atoms with Gasteiger partial charge in [-0.1, -0.05) is 12.5 Å². The molecule has 1 aliphatic rings. The number of non-ortho nitro benzene ring substituents is 1. The van der Waals surface area contributed by atoms with Gasteiger partial charge in [0.2, 0.25) is 0 Å². The van der Waals surface area contributed by atoms with Crippen molar-refractivity contribution >= 4 is 21.7 Å². The first-order valence-corrected chi connectivity index (χ1v) is 11.8. The Balaban J connectivity index is 1.62. The molecule has 2 aromatic carbocycles. The van der Waals surface area contributed by atoms with E-state index in [2.05, 4.69) is 24.1 Å². The number of benzene rings is 2. The van der Waals surface area contributed by atoms with Crippen LogP contribution in [-0.2, 0) is 10.1 Å². The highest BCUT2D eigenvalue weighted by molar-refractivity contribution is 7.87. The monoisotopic (exact) mass is 461 g/mol. The van der Waals surface area contributed by atoms with E-state index < -0.39 is 15.0 Å². The molecule has 3 rings (SSSR count). The second-order valence-corrected chi connectivity index (χ2v) is 9.91. The zero-order valence-corrected chi connectivity index (χ0v) is 18.9. The molecule has 1 heterocycles. The number of rotatable bonds is 8. The molecule has 0 aliphatic carbocycles. The van der Waals surface area contributed by atoms with Crippen LogP contribution in [0, 0.1) is 10.1 Å². The fourth-order valence-electron chi connectivity index (χ4n) is 3.60. The van der Waals surface area contributed by atoms with Crippen LogP contribution < -0.4 is 9.50 Å². The second-order valence-electron chi connectivity index (χ2n) is 8.36. The highest BCUT2D eigenvalue weighted by Gasteiger charge is 2.28. The molecule has 0 aromatic heterocycles. The summed E-state index contributed by atoms with van der Waals surface area (Å²) < 4.78 is 29.9. The van der Waals surface area contributed by atoms with Gasteiger partial charge in [-0.15, -0.1) is 0 Å². The fourth-order valence-corrected chi connectivity index (χ4v) is 4.57. The molecule has 32 heavy (non-hydrogen) atoms. The Kier molecular flexibility index (Phi) is 7.15. The summed E-state index contributed by atoms with van der Waals surface area (Å²) in [6, 6.07) is 10.3. The van der Waals surface area contributed by atoms with E-state index in [0.29, 0.717) is 12.1 Å². The third-order valence-corrected chi connectivity index (χ3v) is 6.78. The van der Waals surface area contributed by atoms with Gasteiger partial charge in [-0.25, -0.2) is 0 Å². The van der Waals surface area contributed by atoms with Gasteiger partial charge in [0, 0.05) is 29.8 Å². The number of nitro groups is 1. The summed E-state index contributed by atoms with van der Waals surface area (Å²) in [5.41, 5.74) is -0.139. The summed E-state index contributed by atoms with van der Waals surface area (Å²) in [6.07, 6.45) is 3.57. The van der Waals surface area contributed by atoms with E-state index in [1.165, 1.54) is 48.9 Å². The molecule has 0 saturated carbocycles. The zero-order chi connectivity index (χ0) is 23.4. The number of carbonyl (C=O) groups excluding carboxylic acids is 1. The molecular formula is C22H27N3O6S. The van der Waals surface area contributed by atoms with Crippen molar-refractivity contribution in [1.29, 1.82) is 0 Å². The first-order valence-electron chi connectivity index (χ1n) is 10.4. The van der Waals surface area contributed by atoms with Crippen molar-refractivity contribution in [3.63, 3.8) is 0 Å². The van der Waals surface area contributed by atoms with Crippen molar-refractivity contribution < 1.29 is 22.3 Å². The van der Waals surface area contributed by atoms with Crippen molar-refractivity contribution in [2.75, 3.05) is 19.6 Å². The molecule has 0 radical (unpaired) electrons. The van der Waals surface area contributed by atoms with Crippen LogP contribution in [0.3, 0.4) is 0 Å². The first kappa shape index (κ1) is 23.7. The minimum absolute atomic E-state index is 0.00158. The number of hydrogen-bond donors (Lipinski definition) is 1. The van der Waals surface area contributed by atoms with E-state index in [1.807, 2.05) is 0 Å². The van der Waals surface area contributed by atoms with Crippen molar-refractivity contribution in [3.05, 3.63) is 64.2 Å². The summed E-state index contributed by atoms with van der Waals surface area (Å²) in [4.78, 5) is 24.8. The van der Waals surface area contributed by atoms with Crippen LogP contribution in [0.4, 0.5) is 5.69 Å². The van der Waals surface area contributed by atoms with Gasteiger partial charge in [-0.3, -0.25) is 19.8 Å². The molecule has 0 bridgehead atoms. The van der Waals surface area contributed by atoms with E-state index in [0.717, 1.165) is 32.0 Å². The quantitative estimate of drug-likeness (QED) is 0.364. The molecule has 2 aromatic rings. The van der Waals surface area contributed by atoms with Crippen LogP contribution >= 0.6 is 0 Å². The van der Waals surface area contributed by atoms with Crippen LogP contribution in [0.5, 0.6) is 5.75 Å². The number of nitro benzene ring substituents is 1. The van der Waals surface area contributed by atoms with Crippen molar-refractivity contribution in [3.8, 4) is 5.75 Å². The lowest BCUT2D eigenvalue weighted by atomic mass is 9.98. The number of carbonyl (C=O) groups is 1. The Morgan fingerprint density at radius 2 is 1.78 bits per heavy atom. The third kappa shape index (κ3) is 5.83. The topological polar surface area (TPSA) is 119 Å². The Morgan fingerprint density at radius 1 is 1.12 bits per heavy atom. The maximum atomic E-state index is 12.5. The average molecular weight is 462 g/mol. The molecular weight excluding hydrogens is 434 g/mol. The molecule has 1 N–H and O–H groups in total. The predicted octanol–water partition coefficient (Wildman–Crippen LogP) is 3.36. The third-order valence-electron chi connectivity index (χ3n) is 5.53. The number of amides is 1. The van der Waals surface area contributed by atoms with E-state index in [-0.39, 0.29) is 27.8 Å². The lowest BCUT2D eigenvalue weighted by Crippen LogP contribution is -2.53. The summed E-state index contributed by atoms with van der Waals surface area (Å²) in [5.74, 6) is -0.259. The number of hydrogen-bond acceptors (Lipinski definition) is 7. The highest BCUT2D eigenvalue weighted by atomic mass is 32.2. The fraction of sp³-hybridized carbons (Fsp3) is 0.409. The zero-order valence-electron chi connectivity index (χ0n) is 18.1. The summed E-state index contributed by atoms with van der Waals surface area (Å²) in [7, 11) is -4.26. The molecule has 10 heteroatoms. The lowest BCUT2D eigenvalue weighted by molar-refractivity contribution is -0.385. The minimum Gasteiger partial charge on any atom is -0.379 e. The Morgan fingerprint density at radius 3 is 2.41 bits per heavy atom. The predicted molar refractivity (Wildman–Crippen MR) is 119 cm³/mol. The highest BCUT2D eigenvalue weighted by Crippen LogP contribution is 2.23. The van der Waals surface area contributed by atoms with Crippen molar-refractivity contribution in [2.24, 2.45) is 0 Å². The first-order chi connectivity index (χ1) is 15.1. The van der Waals surface area contributed by atoms with Crippen LogP contribution in [0.15, 0.2) is 53.4 Å². The minimum atomic E-state index is -4.26. The molecule has 9 nitrogen and oxygen atoms in total. The van der Waals surface area contributed by atoms with E-state index in [1.54, 1.807) is 0 Å². The van der Waals surface area contributed by atoms with Crippen molar-refractivity contribution in [2.45, 2.75) is 43.5 Å². The maximum absolute atomic E-state index is 12.5. The number of likely N-dealkylation sites (tertiary alicyclic amines) is 1. The van der Waals surface area contributed by atoms with E-state index >= 15 is 0 Å². The van der Waals surface area contributed by atoms with Crippen LogP contribution in [-0.4, -0.2) is 49.3 Å². The number of nitrogens with zero attached hydrogens (tertiary/aromatic N) is 2. The van der Waals surface area contributed by atoms with Gasteiger partial charge in [0.15, 0.2) is 0 Å². The smallest absolute Gasteiger partial charge is 0.339 e. The largest absolute Gasteiger partial charge is 0.379 e. The summed E-state index contributed by atoms with van der Waals surface area (Å²) >= 11 is 0. The maximum Gasteiger partial charge on any atom is 0.339 e. The molecule has 0 atom stereocenters. The van der Waals surface area contributed by atoms with Crippen LogP contribution in [0.2, 0.25) is 0 Å². The molecule has 0 unspecified atom stereocenters. The van der Waals surface area contributed by atoms with Gasteiger partial charge >= 0.3 is 10.1 Å². The average Bonchev–Trinajstić information content (AvgIpc) is 2.78. The summed E-state index contributed by atoms with van der Waals surface area (Å²) in [5, 5.41) is 13.8. The second kappa shape index (κ2) is 9.66.